The van der Waals surface area contributed by atoms with Crippen LogP contribution >= 0.6 is 0 Å². The van der Waals surface area contributed by atoms with Crippen molar-refractivity contribution in [2.24, 2.45) is 0 Å². The zero-order valence-corrected chi connectivity index (χ0v) is 7.33. The van der Waals surface area contributed by atoms with Crippen LogP contribution in [-0.2, 0) is 11.2 Å². The van der Waals surface area contributed by atoms with Gasteiger partial charge in [-0.3, -0.25) is 9.78 Å². The summed E-state index contributed by atoms with van der Waals surface area (Å²) in [6.07, 6.45) is 2.50. The van der Waals surface area contributed by atoms with Gasteiger partial charge in [-0.2, -0.15) is 0 Å². The predicted octanol–water partition coefficient (Wildman–Crippen LogP) is 1.22. The predicted molar refractivity (Wildman–Crippen MR) is 49.9 cm³/mol. The number of nitrogens with one attached hydrogen (secondary N) is 1. The van der Waals surface area contributed by atoms with Crippen LogP contribution in [0.5, 0.6) is 5.75 Å². The van der Waals surface area contributed by atoms with E-state index in [0.717, 1.165) is 17.8 Å². The molecule has 13 heavy (non-hydrogen) atoms. The van der Waals surface area contributed by atoms with Crippen molar-refractivity contribution in [1.29, 1.82) is 0 Å². The van der Waals surface area contributed by atoms with Crippen LogP contribution in [-0.4, -0.2) is 17.5 Å². The molecule has 2 heterocycles. The lowest BCUT2D eigenvalue weighted by atomic mass is 10.2. The molecule has 0 radical (unpaired) electrons. The summed E-state index contributed by atoms with van der Waals surface area (Å²) >= 11 is 0. The minimum absolute atomic E-state index is 0. The Morgan fingerprint density at radius 3 is 3.38 bits per heavy atom. The van der Waals surface area contributed by atoms with E-state index in [4.69, 9.17) is 4.74 Å². The van der Waals surface area contributed by atoms with Gasteiger partial charge < -0.3 is 10.1 Å². The van der Waals surface area contributed by atoms with Crippen LogP contribution in [0.15, 0.2) is 12.3 Å². The average Bonchev–Trinajstić information content (AvgIpc) is 2.16. The van der Waals surface area contributed by atoms with Gasteiger partial charge in [0.15, 0.2) is 12.4 Å². The van der Waals surface area contributed by atoms with Gasteiger partial charge >= 0.3 is 0 Å². The van der Waals surface area contributed by atoms with Gasteiger partial charge in [-0.25, -0.2) is 0 Å². The van der Waals surface area contributed by atoms with Crippen LogP contribution in [0.2, 0.25) is 0 Å². The van der Waals surface area contributed by atoms with E-state index >= 15 is 0 Å². The van der Waals surface area contributed by atoms with Crippen LogP contribution in [0.1, 0.15) is 14.0 Å². The smallest absolute Gasteiger partial charge is 0.262 e. The van der Waals surface area contributed by atoms with Crippen LogP contribution in [0.4, 0.5) is 5.69 Å². The lowest BCUT2D eigenvalue weighted by molar-refractivity contribution is -0.118. The average molecular weight is 180 g/mol. The van der Waals surface area contributed by atoms with Crippen LogP contribution in [0.3, 0.4) is 0 Å². The highest BCUT2D eigenvalue weighted by atomic mass is 16.5. The zero-order chi connectivity index (χ0) is 9.26. The Balaban J connectivity index is 0.000000980. The van der Waals surface area contributed by atoms with E-state index in [1.807, 2.05) is 13.0 Å². The van der Waals surface area contributed by atoms with Gasteiger partial charge in [0.1, 0.15) is 0 Å². The molecule has 2 rings (SSSR count). The van der Waals surface area contributed by atoms with Gasteiger partial charge in [-0.15, -0.1) is 0 Å². The molecule has 1 aliphatic rings. The lowest BCUT2D eigenvalue weighted by Crippen LogP contribution is -2.25. The Morgan fingerprint density at radius 1 is 1.77 bits per heavy atom. The number of carbonyl (C=O) groups excluding carboxylic acids is 1. The van der Waals surface area contributed by atoms with Crippen molar-refractivity contribution in [3.8, 4) is 5.75 Å². The number of aryl methyl sites for hydroxylation is 1. The Morgan fingerprint density at radius 2 is 2.62 bits per heavy atom. The Hall–Kier alpha value is -1.58. The maximum atomic E-state index is 11.0. The van der Waals surface area contributed by atoms with E-state index in [1.165, 1.54) is 0 Å². The fraction of sp³-hybridized carbons (Fsp3) is 0.333. The number of anilines is 1. The minimum atomic E-state index is -0.110. The van der Waals surface area contributed by atoms with Crippen molar-refractivity contribution in [3.05, 3.63) is 18.0 Å². The molecule has 4 nitrogen and oxygen atoms in total. The first-order valence-electron chi connectivity index (χ1n) is 4.21. The van der Waals surface area contributed by atoms with Gasteiger partial charge in [0, 0.05) is 7.12 Å². The topological polar surface area (TPSA) is 51.2 Å². The number of hydrogen-bond acceptors (Lipinski definition) is 3. The summed E-state index contributed by atoms with van der Waals surface area (Å²) in [5.41, 5.74) is 1.67. The number of ether oxygens (including phenoxy) is 1. The minimum Gasteiger partial charge on any atom is -0.480 e. The number of hydrogen-bond donors (Lipinski definition) is 1. The molecule has 1 aromatic heterocycles. The zero-order valence-electron chi connectivity index (χ0n) is 7.33. The summed E-state index contributed by atoms with van der Waals surface area (Å²) in [5.74, 6) is 0.539. The number of carbonyl (C=O) groups is 1. The van der Waals surface area contributed by atoms with E-state index in [2.05, 4.69) is 10.3 Å². The molecule has 0 unspecified atom stereocenters. The standard InChI is InChI=1S/C9H10N2O2.H2/c1-2-6-3-7-8(4-10-6)13-5-9(12)11-7;/h3-4H,2,5H2,1H3,(H,11,12);1H. The van der Waals surface area contributed by atoms with Gasteiger partial charge in [-0.05, 0) is 12.5 Å². The number of fused-ring (bicyclic) bond motifs is 1. The van der Waals surface area contributed by atoms with Gasteiger partial charge in [-0.1, -0.05) is 6.92 Å². The van der Waals surface area contributed by atoms with Crippen molar-refractivity contribution in [3.63, 3.8) is 0 Å². The van der Waals surface area contributed by atoms with Crippen LogP contribution in [0.25, 0.3) is 0 Å². The highest BCUT2D eigenvalue weighted by Gasteiger charge is 2.15. The van der Waals surface area contributed by atoms with Crippen molar-refractivity contribution in [2.45, 2.75) is 13.3 Å². The normalized spacial score (nSPS) is 14.4. The maximum Gasteiger partial charge on any atom is 0.262 e. The monoisotopic (exact) mass is 180 g/mol. The summed E-state index contributed by atoms with van der Waals surface area (Å²) in [7, 11) is 0. The number of aromatic nitrogens is 1. The molecule has 0 atom stereocenters. The first kappa shape index (κ1) is 8.04. The van der Waals surface area contributed by atoms with E-state index in [-0.39, 0.29) is 13.9 Å². The first-order chi connectivity index (χ1) is 6.29. The molecule has 0 saturated heterocycles. The van der Waals surface area contributed by atoms with Gasteiger partial charge in [0.25, 0.3) is 5.91 Å². The molecule has 0 saturated carbocycles. The molecule has 4 heteroatoms. The van der Waals surface area contributed by atoms with Gasteiger partial charge in [0.2, 0.25) is 0 Å². The second kappa shape index (κ2) is 3.05. The molecule has 0 aromatic carbocycles. The van der Waals surface area contributed by atoms with Crippen molar-refractivity contribution >= 4 is 11.6 Å². The third kappa shape index (κ3) is 1.47. The molecule has 0 fully saturated rings. The van der Waals surface area contributed by atoms with E-state index < -0.39 is 0 Å². The Labute approximate surface area is 77.4 Å². The summed E-state index contributed by atoms with van der Waals surface area (Å²) < 4.78 is 5.16. The molecule has 0 aliphatic carbocycles. The third-order valence-corrected chi connectivity index (χ3v) is 1.92. The number of pyridine rings is 1. The number of nitrogens with zero attached hydrogens (tertiary/aromatic N) is 1. The Bertz CT molecular complexity index is 355. The maximum absolute atomic E-state index is 11.0. The molecule has 0 bridgehead atoms. The molecule has 1 aromatic rings. The molecular weight excluding hydrogens is 168 g/mol. The molecule has 0 spiro atoms. The number of rotatable bonds is 1. The Kier molecular flexibility index (Phi) is 1.88. The summed E-state index contributed by atoms with van der Waals surface area (Å²) in [6, 6.07) is 1.84. The van der Waals surface area contributed by atoms with Crippen molar-refractivity contribution in [2.75, 3.05) is 11.9 Å². The van der Waals surface area contributed by atoms with Crippen molar-refractivity contribution < 1.29 is 11.0 Å². The molecule has 1 amide bonds. The third-order valence-electron chi connectivity index (χ3n) is 1.92. The van der Waals surface area contributed by atoms with E-state index in [0.29, 0.717) is 5.75 Å². The largest absolute Gasteiger partial charge is 0.480 e. The molecular formula is C9H12N2O2. The van der Waals surface area contributed by atoms with Crippen LogP contribution < -0.4 is 10.1 Å². The van der Waals surface area contributed by atoms with Gasteiger partial charge in [0.05, 0.1) is 11.9 Å². The fourth-order valence-electron chi connectivity index (χ4n) is 1.22. The molecule has 70 valence electrons. The summed E-state index contributed by atoms with van der Waals surface area (Å²) in [4.78, 5) is 15.1. The summed E-state index contributed by atoms with van der Waals surface area (Å²) in [5, 5.41) is 2.73. The number of amides is 1. The highest BCUT2D eigenvalue weighted by Crippen LogP contribution is 2.26. The fourth-order valence-corrected chi connectivity index (χ4v) is 1.22. The van der Waals surface area contributed by atoms with E-state index in [9.17, 15) is 4.79 Å². The second-order valence-electron chi connectivity index (χ2n) is 2.86. The molecule has 1 aliphatic heterocycles. The quantitative estimate of drug-likeness (QED) is 0.707. The molecule has 1 N–H and O–H groups in total. The van der Waals surface area contributed by atoms with Crippen LogP contribution in [0, 0.1) is 0 Å². The van der Waals surface area contributed by atoms with E-state index in [1.54, 1.807) is 6.20 Å². The second-order valence-corrected chi connectivity index (χ2v) is 2.86. The highest BCUT2D eigenvalue weighted by molar-refractivity contribution is 5.95. The summed E-state index contributed by atoms with van der Waals surface area (Å²) in [6.45, 7) is 2.10. The first-order valence-corrected chi connectivity index (χ1v) is 4.21. The SMILES string of the molecule is CCc1cc2c(cn1)OCC(=O)N2.[HH]. The lowest BCUT2D eigenvalue weighted by Gasteiger charge is -2.17. The van der Waals surface area contributed by atoms with Crippen molar-refractivity contribution in [1.82, 2.24) is 4.98 Å².